The van der Waals surface area contributed by atoms with Crippen LogP contribution in [0, 0.1) is 11.8 Å². The molecule has 0 heteroatoms. The summed E-state index contributed by atoms with van der Waals surface area (Å²) in [6.07, 6.45) is 8.41. The Kier molecular flexibility index (Phi) is 128. The largest absolute Gasteiger partial charge is 0.0776 e. The lowest BCUT2D eigenvalue weighted by molar-refractivity contribution is 0.368. The molecule has 0 radical (unpaired) electrons. The van der Waals surface area contributed by atoms with E-state index in [1.165, 1.54) is 38.5 Å². The number of unbranched alkanes of at least 4 members (excludes halogenated alkanes) is 1. The Morgan fingerprint density at radius 3 is 1.20 bits per heavy atom. The van der Waals surface area contributed by atoms with Gasteiger partial charge in [0.05, 0.1) is 0 Å². The van der Waals surface area contributed by atoms with E-state index in [1.807, 2.05) is 0 Å². The Balaban J connectivity index is -0.0000000216. The predicted octanol–water partition coefficient (Wildman–Crippen LogP) is 9.73. The van der Waals surface area contributed by atoms with Crippen LogP contribution in [-0.4, -0.2) is 0 Å². The normalized spacial score (nSPS) is 9.60. The fraction of sp³-hybridized carbons (Fsp3) is 1.00. The van der Waals surface area contributed by atoms with E-state index in [4.69, 9.17) is 0 Å². The molecule has 0 aromatic heterocycles. The molecule has 0 aliphatic heterocycles. The maximum atomic E-state index is 2.40. The maximum absolute atomic E-state index is 2.40. The first-order valence-electron chi connectivity index (χ1n) is 5.70. The third-order valence-corrected chi connectivity index (χ3v) is 2.64. The van der Waals surface area contributed by atoms with Gasteiger partial charge in [-0.05, 0) is 18.3 Å². The molecule has 0 aromatic carbocycles. The molecule has 0 rings (SSSR count). The van der Waals surface area contributed by atoms with E-state index in [1.54, 1.807) is 0 Å². The zero-order chi connectivity index (χ0) is 9.40. The lowest BCUT2D eigenvalue weighted by atomic mass is 9.91. The van der Waals surface area contributed by atoms with Gasteiger partial charge >= 0.3 is 0 Å². The van der Waals surface area contributed by atoms with Crippen molar-refractivity contribution < 1.29 is 0 Å². The molecule has 2 atom stereocenters. The van der Waals surface area contributed by atoms with Gasteiger partial charge in [0.1, 0.15) is 0 Å². The molecule has 0 aliphatic carbocycles. The molecule has 0 spiro atoms. The molecular formula is C20H58. The topological polar surface area (TPSA) is 0 Å². The first-order chi connectivity index (χ1) is 5.70. The van der Waals surface area contributed by atoms with Crippen LogP contribution in [0.15, 0.2) is 0 Å². The van der Waals surface area contributed by atoms with E-state index in [9.17, 15) is 0 Å². The second-order valence-electron chi connectivity index (χ2n) is 4.38. The smallest absolute Gasteiger partial charge is 0.0440 e. The van der Waals surface area contributed by atoms with E-state index < -0.39 is 0 Å². The highest BCUT2D eigenvalue weighted by molar-refractivity contribution is 4.59. The first-order valence-corrected chi connectivity index (χ1v) is 5.70. The minimum Gasteiger partial charge on any atom is -0.0776 e. The van der Waals surface area contributed by atoms with Gasteiger partial charge in [0.25, 0.3) is 0 Å². The molecule has 0 heterocycles. The van der Waals surface area contributed by atoms with Crippen molar-refractivity contribution in [3.8, 4) is 0 Å². The van der Waals surface area contributed by atoms with Crippen LogP contribution in [0.25, 0.3) is 0 Å². The molecule has 0 aliphatic rings. The van der Waals surface area contributed by atoms with Crippen LogP contribution < -0.4 is 0 Å². The zero-order valence-electron chi connectivity index (χ0n) is 9.40. The fourth-order valence-electron chi connectivity index (χ4n) is 1.97. The summed E-state index contributed by atoms with van der Waals surface area (Å²) in [5, 5.41) is 0. The summed E-state index contributed by atoms with van der Waals surface area (Å²) in [5.74, 6) is 1.90. The van der Waals surface area contributed by atoms with Crippen molar-refractivity contribution in [1.29, 1.82) is 0 Å². The Hall–Kier alpha value is 0. The minimum atomic E-state index is 0. The van der Waals surface area contributed by atoms with Gasteiger partial charge in [-0.25, -0.2) is 0 Å². The number of rotatable bonds is 7. The van der Waals surface area contributed by atoms with Gasteiger partial charge in [-0.2, -0.15) is 0 Å². The molecule has 0 amide bonds. The Bertz CT molecular complexity index is 86.0. The molecule has 0 N–H and O–H groups in total. The lowest BCUT2D eigenvalue weighted by Gasteiger charge is -2.15. The SMILES string of the molecule is C.C.C.C.C.C.C.C.CCCCC(C)CC(C)CCC. The summed E-state index contributed by atoms with van der Waals surface area (Å²) in [5.41, 5.74) is 0. The zero-order valence-corrected chi connectivity index (χ0v) is 9.40. The number of hydrogen-bond acceptors (Lipinski definition) is 0. The highest BCUT2D eigenvalue weighted by Crippen LogP contribution is 2.20. The van der Waals surface area contributed by atoms with E-state index in [-0.39, 0.29) is 59.4 Å². The molecule has 0 aromatic rings. The van der Waals surface area contributed by atoms with Crippen molar-refractivity contribution in [2.24, 2.45) is 11.8 Å². The summed E-state index contributed by atoms with van der Waals surface area (Å²) in [7, 11) is 0. The molecule has 2 unspecified atom stereocenters. The standard InChI is InChI=1S/C12H26.8CH4/c1-5-7-9-12(4)10-11(3)8-6-2;;;;;;;;/h11-12H,5-10H2,1-4H3;8*1H4. The molecule has 138 valence electrons. The van der Waals surface area contributed by atoms with Gasteiger partial charge in [-0.15, -0.1) is 0 Å². The van der Waals surface area contributed by atoms with Crippen molar-refractivity contribution in [2.75, 3.05) is 0 Å². The van der Waals surface area contributed by atoms with Gasteiger partial charge in [0, 0.05) is 0 Å². The quantitative estimate of drug-likeness (QED) is 0.438. The molecule has 0 saturated carbocycles. The Morgan fingerprint density at radius 2 is 0.900 bits per heavy atom. The van der Waals surface area contributed by atoms with Gasteiger partial charge in [-0.1, -0.05) is 119 Å². The van der Waals surface area contributed by atoms with E-state index in [0.29, 0.717) is 0 Å². The monoisotopic (exact) mass is 298 g/mol. The van der Waals surface area contributed by atoms with Crippen LogP contribution >= 0.6 is 0 Å². The van der Waals surface area contributed by atoms with Crippen LogP contribution in [0.4, 0.5) is 0 Å². The average Bonchev–Trinajstić information content (AvgIpc) is 2.01. The van der Waals surface area contributed by atoms with Gasteiger partial charge in [-0.3, -0.25) is 0 Å². The van der Waals surface area contributed by atoms with E-state index in [0.717, 1.165) is 11.8 Å². The molecule has 20 heavy (non-hydrogen) atoms. The van der Waals surface area contributed by atoms with E-state index in [2.05, 4.69) is 27.7 Å². The molecule has 0 saturated heterocycles. The van der Waals surface area contributed by atoms with Crippen LogP contribution in [-0.2, 0) is 0 Å². The summed E-state index contributed by atoms with van der Waals surface area (Å²) < 4.78 is 0. The van der Waals surface area contributed by atoms with Crippen LogP contribution in [0.5, 0.6) is 0 Å². The van der Waals surface area contributed by atoms with Crippen molar-refractivity contribution in [1.82, 2.24) is 0 Å². The first kappa shape index (κ1) is 59.7. The summed E-state index contributed by atoms with van der Waals surface area (Å²) >= 11 is 0. The van der Waals surface area contributed by atoms with Gasteiger partial charge in [0.2, 0.25) is 0 Å². The fourth-order valence-corrected chi connectivity index (χ4v) is 1.97. The summed E-state index contributed by atoms with van der Waals surface area (Å²) in [6, 6.07) is 0. The maximum Gasteiger partial charge on any atom is -0.0440 e. The molecular weight excluding hydrogens is 240 g/mol. The van der Waals surface area contributed by atoms with Crippen molar-refractivity contribution in [3.63, 3.8) is 0 Å². The lowest BCUT2D eigenvalue weighted by Crippen LogP contribution is -2.02. The number of hydrogen-bond donors (Lipinski definition) is 0. The average molecular weight is 299 g/mol. The van der Waals surface area contributed by atoms with Crippen LogP contribution in [0.2, 0.25) is 0 Å². The molecule has 0 bridgehead atoms. The second kappa shape index (κ2) is 42.8. The second-order valence-corrected chi connectivity index (χ2v) is 4.38. The highest BCUT2D eigenvalue weighted by atomic mass is 14.1. The van der Waals surface area contributed by atoms with Gasteiger partial charge < -0.3 is 0 Å². The summed E-state index contributed by atoms with van der Waals surface area (Å²) in [6.45, 7) is 9.36. The Labute approximate surface area is 138 Å². The molecule has 0 nitrogen and oxygen atoms in total. The van der Waals surface area contributed by atoms with Crippen molar-refractivity contribution in [3.05, 3.63) is 0 Å². The van der Waals surface area contributed by atoms with Crippen LogP contribution in [0.3, 0.4) is 0 Å². The minimum absolute atomic E-state index is 0. The highest BCUT2D eigenvalue weighted by Gasteiger charge is 2.06. The third-order valence-electron chi connectivity index (χ3n) is 2.64. The summed E-state index contributed by atoms with van der Waals surface area (Å²) in [4.78, 5) is 0. The van der Waals surface area contributed by atoms with Gasteiger partial charge in [0.15, 0.2) is 0 Å². The van der Waals surface area contributed by atoms with Crippen molar-refractivity contribution >= 4 is 0 Å². The third kappa shape index (κ3) is 43.0. The van der Waals surface area contributed by atoms with E-state index >= 15 is 0 Å². The molecule has 0 fully saturated rings. The Morgan fingerprint density at radius 1 is 0.550 bits per heavy atom. The van der Waals surface area contributed by atoms with Crippen molar-refractivity contribution in [2.45, 2.75) is 126 Å². The van der Waals surface area contributed by atoms with Crippen LogP contribution in [0.1, 0.15) is 126 Å². The predicted molar refractivity (Wildman–Crippen MR) is 111 cm³/mol.